The zero-order valence-electron chi connectivity index (χ0n) is 17.3. The number of carbonyl (C=O) groups excluding carboxylic acids is 1. The average molecular weight is 427 g/mol. The van der Waals surface area contributed by atoms with Crippen LogP contribution in [0.25, 0.3) is 10.2 Å². The van der Waals surface area contributed by atoms with E-state index in [1.54, 1.807) is 14.2 Å². The molecule has 0 unspecified atom stereocenters. The van der Waals surface area contributed by atoms with Gasteiger partial charge in [0, 0.05) is 32.4 Å². The van der Waals surface area contributed by atoms with Crippen LogP contribution in [0.2, 0.25) is 0 Å². The van der Waals surface area contributed by atoms with Crippen LogP contribution in [0.4, 0.5) is 0 Å². The lowest BCUT2D eigenvalue weighted by Crippen LogP contribution is -2.41. The van der Waals surface area contributed by atoms with Gasteiger partial charge >= 0.3 is 0 Å². The van der Waals surface area contributed by atoms with Crippen LogP contribution in [0.1, 0.15) is 24.8 Å². The number of fused-ring (bicyclic) bond motifs is 1. The molecule has 3 aromatic rings. The molecular formula is C23H26N2O4S. The molecule has 0 N–H and O–H groups in total. The maximum absolute atomic E-state index is 12.6. The summed E-state index contributed by atoms with van der Waals surface area (Å²) in [4.78, 5) is 19.1. The van der Waals surface area contributed by atoms with Gasteiger partial charge in [-0.2, -0.15) is 0 Å². The highest BCUT2D eigenvalue weighted by atomic mass is 32.1. The Morgan fingerprint density at radius 1 is 1.07 bits per heavy atom. The Bertz CT molecular complexity index is 994. The molecule has 0 radical (unpaired) electrons. The molecule has 30 heavy (non-hydrogen) atoms. The highest BCUT2D eigenvalue weighted by Gasteiger charge is 2.24. The summed E-state index contributed by atoms with van der Waals surface area (Å²) in [6, 6.07) is 13.7. The number of hydrogen-bond acceptors (Lipinski definition) is 6. The van der Waals surface area contributed by atoms with E-state index in [4.69, 9.17) is 14.2 Å². The molecular weight excluding hydrogens is 400 g/mol. The Kier molecular flexibility index (Phi) is 6.38. The number of carbonyl (C=O) groups is 1. The molecule has 0 atom stereocenters. The van der Waals surface area contributed by atoms with Crippen molar-refractivity contribution in [2.75, 3.05) is 27.3 Å². The lowest BCUT2D eigenvalue weighted by molar-refractivity contribution is -0.132. The minimum atomic E-state index is 0.0955. The van der Waals surface area contributed by atoms with E-state index in [1.165, 1.54) is 11.3 Å². The van der Waals surface area contributed by atoms with Crippen molar-refractivity contribution in [3.05, 3.63) is 48.0 Å². The third kappa shape index (κ3) is 4.84. The van der Waals surface area contributed by atoms with Crippen molar-refractivity contribution >= 4 is 27.5 Å². The molecule has 2 heterocycles. The molecule has 1 aromatic heterocycles. The van der Waals surface area contributed by atoms with Gasteiger partial charge in [0.05, 0.1) is 24.4 Å². The second-order valence-corrected chi connectivity index (χ2v) is 8.35. The lowest BCUT2D eigenvalue weighted by atomic mass is 10.1. The van der Waals surface area contributed by atoms with Crippen LogP contribution < -0.4 is 14.2 Å². The number of aromatic nitrogens is 1. The Hall–Kier alpha value is -2.80. The third-order valence-electron chi connectivity index (χ3n) is 5.42. The Labute approximate surface area is 180 Å². The van der Waals surface area contributed by atoms with Crippen molar-refractivity contribution in [2.45, 2.75) is 31.8 Å². The zero-order valence-corrected chi connectivity index (χ0v) is 18.1. The number of benzene rings is 2. The van der Waals surface area contributed by atoms with Gasteiger partial charge in [0.25, 0.3) is 5.19 Å². The average Bonchev–Trinajstić information content (AvgIpc) is 3.19. The Morgan fingerprint density at radius 3 is 2.47 bits per heavy atom. The van der Waals surface area contributed by atoms with Gasteiger partial charge in [-0.05, 0) is 42.3 Å². The van der Waals surface area contributed by atoms with Crippen molar-refractivity contribution in [1.82, 2.24) is 9.88 Å². The van der Waals surface area contributed by atoms with Gasteiger partial charge in [-0.15, -0.1) is 0 Å². The molecule has 0 saturated carbocycles. The van der Waals surface area contributed by atoms with Crippen molar-refractivity contribution in [1.29, 1.82) is 0 Å². The minimum Gasteiger partial charge on any atom is -0.497 e. The summed E-state index contributed by atoms with van der Waals surface area (Å²) in [5, 5.41) is 0.683. The summed E-state index contributed by atoms with van der Waals surface area (Å²) in [7, 11) is 3.31. The largest absolute Gasteiger partial charge is 0.497 e. The van der Waals surface area contributed by atoms with Crippen LogP contribution in [0.5, 0.6) is 16.7 Å². The number of rotatable bonds is 7. The predicted molar refractivity (Wildman–Crippen MR) is 118 cm³/mol. The number of methoxy groups -OCH3 is 2. The highest BCUT2D eigenvalue weighted by molar-refractivity contribution is 7.20. The van der Waals surface area contributed by atoms with E-state index in [0.29, 0.717) is 11.6 Å². The maximum atomic E-state index is 12.6. The van der Waals surface area contributed by atoms with E-state index in [9.17, 15) is 4.79 Å². The van der Waals surface area contributed by atoms with Gasteiger partial charge < -0.3 is 19.1 Å². The molecule has 1 saturated heterocycles. The number of nitrogens with zero attached hydrogens (tertiary/aromatic N) is 2. The Balaban J connectivity index is 1.25. The van der Waals surface area contributed by atoms with E-state index in [2.05, 4.69) is 4.98 Å². The van der Waals surface area contributed by atoms with E-state index >= 15 is 0 Å². The summed E-state index contributed by atoms with van der Waals surface area (Å²) >= 11 is 1.53. The SMILES string of the molecule is COc1ccc(CCC(=O)N2CCC(Oc3nc4ccc(OC)cc4s3)CC2)cc1. The number of aryl methyl sites for hydroxylation is 1. The van der Waals surface area contributed by atoms with Crippen molar-refractivity contribution in [3.63, 3.8) is 0 Å². The van der Waals surface area contributed by atoms with Gasteiger partial charge in [0.1, 0.15) is 17.6 Å². The van der Waals surface area contributed by atoms with Gasteiger partial charge in [-0.1, -0.05) is 23.5 Å². The molecule has 6 nitrogen and oxygen atoms in total. The van der Waals surface area contributed by atoms with Gasteiger partial charge in [-0.25, -0.2) is 4.98 Å². The number of likely N-dealkylation sites (tertiary alicyclic amines) is 1. The molecule has 1 amide bonds. The predicted octanol–water partition coefficient (Wildman–Crippen LogP) is 4.32. The van der Waals surface area contributed by atoms with Crippen molar-refractivity contribution in [2.24, 2.45) is 0 Å². The molecule has 0 spiro atoms. The number of piperidine rings is 1. The second kappa shape index (κ2) is 9.34. The highest BCUT2D eigenvalue weighted by Crippen LogP contribution is 2.32. The summed E-state index contributed by atoms with van der Waals surface area (Å²) in [6.07, 6.45) is 3.02. The van der Waals surface area contributed by atoms with Crippen LogP contribution >= 0.6 is 11.3 Å². The molecule has 1 fully saturated rings. The monoisotopic (exact) mass is 426 g/mol. The van der Waals surface area contributed by atoms with E-state index in [0.717, 1.165) is 59.6 Å². The van der Waals surface area contributed by atoms with Crippen LogP contribution in [0, 0.1) is 0 Å². The first-order valence-corrected chi connectivity index (χ1v) is 11.0. The van der Waals surface area contributed by atoms with Gasteiger partial charge in [-0.3, -0.25) is 4.79 Å². The second-order valence-electron chi connectivity index (χ2n) is 7.36. The molecule has 0 aliphatic carbocycles. The quantitative estimate of drug-likeness (QED) is 0.563. The smallest absolute Gasteiger partial charge is 0.274 e. The zero-order chi connectivity index (χ0) is 20.9. The molecule has 4 rings (SSSR count). The molecule has 7 heteroatoms. The van der Waals surface area contributed by atoms with Crippen LogP contribution in [-0.4, -0.2) is 49.2 Å². The standard InChI is InChI=1S/C23H26N2O4S/c1-27-17-6-3-16(4-7-17)5-10-22(26)25-13-11-18(12-14-25)29-23-24-20-9-8-19(28-2)15-21(20)30-23/h3-4,6-9,15,18H,5,10-14H2,1-2H3. The number of ether oxygens (including phenoxy) is 3. The first-order chi connectivity index (χ1) is 14.6. The van der Waals surface area contributed by atoms with Crippen LogP contribution in [-0.2, 0) is 11.2 Å². The van der Waals surface area contributed by atoms with Crippen molar-refractivity contribution < 1.29 is 19.0 Å². The third-order valence-corrected chi connectivity index (χ3v) is 6.33. The van der Waals surface area contributed by atoms with E-state index < -0.39 is 0 Å². The van der Waals surface area contributed by atoms with Crippen molar-refractivity contribution in [3.8, 4) is 16.7 Å². The fourth-order valence-corrected chi connectivity index (χ4v) is 4.54. The first kappa shape index (κ1) is 20.5. The number of hydrogen-bond donors (Lipinski definition) is 0. The van der Waals surface area contributed by atoms with Crippen LogP contribution in [0.3, 0.4) is 0 Å². The molecule has 158 valence electrons. The van der Waals surface area contributed by atoms with E-state index in [1.807, 2.05) is 47.4 Å². The molecule has 1 aliphatic rings. The fourth-order valence-electron chi connectivity index (χ4n) is 3.63. The molecule has 0 bridgehead atoms. The maximum Gasteiger partial charge on any atom is 0.274 e. The lowest BCUT2D eigenvalue weighted by Gasteiger charge is -2.31. The number of amides is 1. The Morgan fingerprint density at radius 2 is 1.77 bits per heavy atom. The normalized spacial score (nSPS) is 14.7. The van der Waals surface area contributed by atoms with E-state index in [-0.39, 0.29) is 12.0 Å². The van der Waals surface area contributed by atoms with Gasteiger partial charge in [0.2, 0.25) is 5.91 Å². The molecule has 1 aliphatic heterocycles. The topological polar surface area (TPSA) is 60.9 Å². The summed E-state index contributed by atoms with van der Waals surface area (Å²) in [6.45, 7) is 1.45. The fraction of sp³-hybridized carbons (Fsp3) is 0.391. The molecule has 2 aromatic carbocycles. The minimum absolute atomic E-state index is 0.0955. The van der Waals surface area contributed by atoms with Crippen LogP contribution in [0.15, 0.2) is 42.5 Å². The first-order valence-electron chi connectivity index (χ1n) is 10.2. The van der Waals surface area contributed by atoms with Gasteiger partial charge in [0.15, 0.2) is 0 Å². The number of thiazole rings is 1. The summed E-state index contributed by atoms with van der Waals surface area (Å²) in [5.74, 6) is 1.86. The summed E-state index contributed by atoms with van der Waals surface area (Å²) in [5.41, 5.74) is 2.07. The summed E-state index contributed by atoms with van der Waals surface area (Å²) < 4.78 is 17.6.